The fourth-order valence-electron chi connectivity index (χ4n) is 1.60. The Morgan fingerprint density at radius 1 is 1.50 bits per heavy atom. The quantitative estimate of drug-likeness (QED) is 0.905. The van der Waals surface area contributed by atoms with E-state index in [1.807, 2.05) is 12.1 Å². The first kappa shape index (κ1) is 13.8. The molecule has 1 aromatic heterocycles. The van der Waals surface area contributed by atoms with Gasteiger partial charge in [0, 0.05) is 10.9 Å². The third-order valence-electron chi connectivity index (χ3n) is 2.50. The van der Waals surface area contributed by atoms with Crippen molar-refractivity contribution in [3.05, 3.63) is 35.1 Å². The van der Waals surface area contributed by atoms with E-state index in [9.17, 15) is 0 Å². The Balaban J connectivity index is 2.14. The monoisotopic (exact) mass is 299 g/mol. The summed E-state index contributed by atoms with van der Waals surface area (Å²) in [4.78, 5) is 5.15. The Kier molecular flexibility index (Phi) is 5.00. The van der Waals surface area contributed by atoms with E-state index < -0.39 is 0 Å². The summed E-state index contributed by atoms with van der Waals surface area (Å²) in [5, 5.41) is 4.13. The molecule has 1 heterocycles. The van der Waals surface area contributed by atoms with E-state index in [1.54, 1.807) is 18.1 Å². The maximum absolute atomic E-state index is 6.30. The summed E-state index contributed by atoms with van der Waals surface area (Å²) in [6.45, 7) is 5.17. The van der Waals surface area contributed by atoms with Crippen molar-refractivity contribution >= 4 is 34.9 Å². The number of nitrogens with zero attached hydrogens (tertiary/aromatic N) is 2. The number of hydrogen-bond acceptors (Lipinski definition) is 5. The fraction of sp³-hybridized carbons (Fsp3) is 0.333. The largest absolute Gasteiger partial charge is 0.310 e. The summed E-state index contributed by atoms with van der Waals surface area (Å²) < 4.78 is 4.88. The topological polar surface area (TPSA) is 37.8 Å². The molecule has 0 fully saturated rings. The zero-order valence-corrected chi connectivity index (χ0v) is 12.6. The van der Waals surface area contributed by atoms with E-state index >= 15 is 0 Å². The highest BCUT2D eigenvalue weighted by atomic mass is 35.5. The molecule has 0 bridgehead atoms. The molecule has 0 spiro atoms. The molecule has 18 heavy (non-hydrogen) atoms. The second-order valence-corrected chi connectivity index (χ2v) is 6.25. The van der Waals surface area contributed by atoms with Crippen LogP contribution in [0.2, 0.25) is 5.02 Å². The first-order valence-electron chi connectivity index (χ1n) is 5.68. The van der Waals surface area contributed by atoms with Crippen LogP contribution in [0.15, 0.2) is 33.8 Å². The van der Waals surface area contributed by atoms with Crippen LogP contribution in [-0.2, 0) is 0 Å². The lowest BCUT2D eigenvalue weighted by molar-refractivity contribution is 0.598. The highest BCUT2D eigenvalue weighted by Crippen LogP contribution is 2.34. The van der Waals surface area contributed by atoms with Crippen LogP contribution in [0.4, 0.5) is 0 Å². The van der Waals surface area contributed by atoms with Gasteiger partial charge in [-0.15, -0.1) is 0 Å². The predicted octanol–water partition coefficient (Wildman–Crippen LogP) is 4.01. The van der Waals surface area contributed by atoms with Crippen LogP contribution in [0.5, 0.6) is 0 Å². The van der Waals surface area contributed by atoms with E-state index in [-0.39, 0.29) is 0 Å². The van der Waals surface area contributed by atoms with Gasteiger partial charge in [0.2, 0.25) is 0 Å². The summed E-state index contributed by atoms with van der Waals surface area (Å²) in [6, 6.07) is 6.46. The van der Waals surface area contributed by atoms with Crippen molar-refractivity contribution in [1.82, 2.24) is 14.7 Å². The molecule has 0 amide bonds. The molecule has 0 aliphatic rings. The Bertz CT molecular complexity index is 502. The van der Waals surface area contributed by atoms with Gasteiger partial charge in [0.1, 0.15) is 6.33 Å². The van der Waals surface area contributed by atoms with Gasteiger partial charge in [-0.25, -0.2) is 4.98 Å². The molecular weight excluding hydrogens is 286 g/mol. The molecule has 1 unspecified atom stereocenters. The van der Waals surface area contributed by atoms with Gasteiger partial charge < -0.3 is 5.32 Å². The molecule has 0 saturated carbocycles. The smallest absolute Gasteiger partial charge is 0.174 e. The molecule has 0 aliphatic heterocycles. The van der Waals surface area contributed by atoms with Crippen LogP contribution < -0.4 is 5.32 Å². The van der Waals surface area contributed by atoms with Crippen LogP contribution in [0, 0.1) is 0 Å². The lowest BCUT2D eigenvalue weighted by Gasteiger charge is -2.13. The lowest BCUT2D eigenvalue weighted by Crippen LogP contribution is -2.17. The first-order chi connectivity index (χ1) is 8.70. The highest BCUT2D eigenvalue weighted by molar-refractivity contribution is 8.01. The van der Waals surface area contributed by atoms with Gasteiger partial charge >= 0.3 is 0 Å². The second kappa shape index (κ2) is 6.52. The average molecular weight is 300 g/mol. The molecule has 0 saturated heterocycles. The number of aromatic nitrogens is 2. The number of nitrogens with one attached hydrogen (secondary N) is 1. The van der Waals surface area contributed by atoms with E-state index in [0.717, 1.165) is 20.8 Å². The maximum Gasteiger partial charge on any atom is 0.174 e. The number of rotatable bonds is 5. The zero-order chi connectivity index (χ0) is 13.0. The predicted molar refractivity (Wildman–Crippen MR) is 77.6 cm³/mol. The van der Waals surface area contributed by atoms with Gasteiger partial charge in [-0.05, 0) is 42.7 Å². The normalized spacial score (nSPS) is 12.6. The van der Waals surface area contributed by atoms with Crippen LogP contribution >= 0.6 is 34.9 Å². The minimum atomic E-state index is 0.313. The SMILES string of the molecule is CCNC(C)c1ccc(Sc2ncns2)c(Cl)c1. The van der Waals surface area contributed by atoms with Crippen molar-refractivity contribution in [2.24, 2.45) is 0 Å². The van der Waals surface area contributed by atoms with Crippen LogP contribution in [0.1, 0.15) is 25.5 Å². The molecule has 6 heteroatoms. The fourth-order valence-corrected chi connectivity index (χ4v) is 3.31. The van der Waals surface area contributed by atoms with Gasteiger partial charge in [0.25, 0.3) is 0 Å². The highest BCUT2D eigenvalue weighted by Gasteiger charge is 2.09. The average Bonchev–Trinajstić information content (AvgIpc) is 2.85. The molecular formula is C12H14ClN3S2. The standard InChI is InChI=1S/C12H14ClN3S2/c1-3-14-8(2)9-4-5-11(10(13)6-9)17-12-15-7-16-18-12/h4-8,14H,3H2,1-2H3. The molecule has 2 rings (SSSR count). The van der Waals surface area contributed by atoms with Crippen molar-refractivity contribution in [3.63, 3.8) is 0 Å². The zero-order valence-electron chi connectivity index (χ0n) is 10.2. The maximum atomic E-state index is 6.30. The van der Waals surface area contributed by atoms with Gasteiger partial charge in [0.15, 0.2) is 4.34 Å². The minimum Gasteiger partial charge on any atom is -0.310 e. The van der Waals surface area contributed by atoms with Crippen LogP contribution in [0.25, 0.3) is 0 Å². The molecule has 1 atom stereocenters. The summed E-state index contributed by atoms with van der Waals surface area (Å²) in [5.41, 5.74) is 1.20. The molecule has 3 nitrogen and oxygen atoms in total. The van der Waals surface area contributed by atoms with E-state index in [1.165, 1.54) is 17.1 Å². The van der Waals surface area contributed by atoms with Gasteiger partial charge in [0.05, 0.1) is 5.02 Å². The van der Waals surface area contributed by atoms with Crippen LogP contribution in [-0.4, -0.2) is 15.9 Å². The molecule has 96 valence electrons. The lowest BCUT2D eigenvalue weighted by atomic mass is 10.1. The third kappa shape index (κ3) is 3.45. The van der Waals surface area contributed by atoms with Crippen molar-refractivity contribution in [2.45, 2.75) is 29.1 Å². The molecule has 1 N–H and O–H groups in total. The minimum absolute atomic E-state index is 0.313. The molecule has 0 radical (unpaired) electrons. The molecule has 2 aromatic rings. The Hall–Kier alpha value is -0.620. The van der Waals surface area contributed by atoms with E-state index in [4.69, 9.17) is 11.6 Å². The molecule has 0 aliphatic carbocycles. The Labute approximate surface area is 120 Å². The van der Waals surface area contributed by atoms with Crippen molar-refractivity contribution in [1.29, 1.82) is 0 Å². The third-order valence-corrected chi connectivity index (χ3v) is 4.72. The number of benzene rings is 1. The van der Waals surface area contributed by atoms with Gasteiger partial charge in [-0.3, -0.25) is 0 Å². The van der Waals surface area contributed by atoms with Crippen molar-refractivity contribution in [3.8, 4) is 0 Å². The summed E-state index contributed by atoms with van der Waals surface area (Å²) in [5.74, 6) is 0. The Morgan fingerprint density at radius 2 is 2.33 bits per heavy atom. The molecule has 1 aromatic carbocycles. The summed E-state index contributed by atoms with van der Waals surface area (Å²) in [6.07, 6.45) is 1.56. The number of halogens is 1. The van der Waals surface area contributed by atoms with Gasteiger partial charge in [-0.1, -0.05) is 36.4 Å². The summed E-state index contributed by atoms with van der Waals surface area (Å²) in [7, 11) is 0. The van der Waals surface area contributed by atoms with Crippen molar-refractivity contribution in [2.75, 3.05) is 6.54 Å². The number of hydrogen-bond donors (Lipinski definition) is 1. The summed E-state index contributed by atoms with van der Waals surface area (Å²) >= 11 is 9.22. The van der Waals surface area contributed by atoms with Crippen molar-refractivity contribution < 1.29 is 0 Å². The van der Waals surface area contributed by atoms with E-state index in [2.05, 4.69) is 34.6 Å². The second-order valence-electron chi connectivity index (χ2n) is 3.78. The van der Waals surface area contributed by atoms with E-state index in [0.29, 0.717) is 6.04 Å². The first-order valence-corrected chi connectivity index (χ1v) is 7.65. The van der Waals surface area contributed by atoms with Gasteiger partial charge in [-0.2, -0.15) is 4.37 Å². The Morgan fingerprint density at radius 3 is 2.94 bits per heavy atom. The van der Waals surface area contributed by atoms with Crippen LogP contribution in [0.3, 0.4) is 0 Å².